The number of benzene rings is 1. The number of aromatic nitrogens is 1. The van der Waals surface area contributed by atoms with Gasteiger partial charge in [-0.3, -0.25) is 0 Å². The average molecular weight is 251 g/mol. The monoisotopic (exact) mass is 251 g/mol. The predicted octanol–water partition coefficient (Wildman–Crippen LogP) is 2.85. The van der Waals surface area contributed by atoms with E-state index in [2.05, 4.69) is 4.98 Å². The molecule has 4 nitrogen and oxygen atoms in total. The molecule has 1 aromatic heterocycles. The predicted molar refractivity (Wildman–Crippen MR) is 57.6 cm³/mol. The van der Waals surface area contributed by atoms with Crippen molar-refractivity contribution in [3.63, 3.8) is 0 Å². The molecule has 0 aliphatic carbocycles. The summed E-state index contributed by atoms with van der Waals surface area (Å²) in [6.07, 6.45) is 1.26. The Morgan fingerprint density at radius 3 is 2.44 bits per heavy atom. The molecule has 0 aliphatic rings. The number of aromatic carboxylic acids is 1. The van der Waals surface area contributed by atoms with Crippen molar-refractivity contribution >= 4 is 5.97 Å². The van der Waals surface area contributed by atoms with E-state index in [1.54, 1.807) is 0 Å². The lowest BCUT2D eigenvalue weighted by Gasteiger charge is -2.08. The summed E-state index contributed by atoms with van der Waals surface area (Å²) in [4.78, 5) is 14.5. The third-order valence-corrected chi connectivity index (χ3v) is 2.12. The van der Waals surface area contributed by atoms with Crippen molar-refractivity contribution in [2.45, 2.75) is 0 Å². The molecule has 0 fully saturated rings. The fourth-order valence-electron chi connectivity index (χ4n) is 1.31. The number of hydrogen-bond acceptors (Lipinski definition) is 3. The number of carboxylic acids is 1. The quantitative estimate of drug-likeness (QED) is 0.911. The van der Waals surface area contributed by atoms with Crippen LogP contribution < -0.4 is 4.74 Å². The lowest BCUT2D eigenvalue weighted by Crippen LogP contribution is -2.03. The maximum Gasteiger partial charge on any atom is 0.341 e. The van der Waals surface area contributed by atoms with E-state index < -0.39 is 23.4 Å². The minimum atomic E-state index is -1.30. The lowest BCUT2D eigenvalue weighted by atomic mass is 10.2. The van der Waals surface area contributed by atoms with Gasteiger partial charge in [-0.1, -0.05) is 6.07 Å². The number of pyridine rings is 1. The van der Waals surface area contributed by atoms with Gasteiger partial charge in [0.05, 0.1) is 0 Å². The molecular weight excluding hydrogens is 244 g/mol. The van der Waals surface area contributed by atoms with Crippen molar-refractivity contribution in [2.75, 3.05) is 0 Å². The van der Waals surface area contributed by atoms with E-state index in [1.807, 2.05) is 0 Å². The number of rotatable bonds is 3. The van der Waals surface area contributed by atoms with Gasteiger partial charge in [-0.15, -0.1) is 0 Å². The van der Waals surface area contributed by atoms with Crippen LogP contribution in [0.1, 0.15) is 10.4 Å². The highest BCUT2D eigenvalue weighted by Crippen LogP contribution is 2.27. The normalized spacial score (nSPS) is 10.1. The van der Waals surface area contributed by atoms with Crippen LogP contribution in [0, 0.1) is 11.6 Å². The molecule has 0 atom stereocenters. The van der Waals surface area contributed by atoms with Gasteiger partial charge in [0.15, 0.2) is 11.6 Å². The van der Waals surface area contributed by atoms with E-state index in [-0.39, 0.29) is 11.4 Å². The summed E-state index contributed by atoms with van der Waals surface area (Å²) in [7, 11) is 0. The zero-order valence-electron chi connectivity index (χ0n) is 8.93. The minimum Gasteiger partial charge on any atom is -0.477 e. The third-order valence-electron chi connectivity index (χ3n) is 2.12. The van der Waals surface area contributed by atoms with E-state index >= 15 is 0 Å². The molecular formula is C12H7F2NO3. The number of carbonyl (C=O) groups is 1. The van der Waals surface area contributed by atoms with Gasteiger partial charge in [0.1, 0.15) is 5.56 Å². The van der Waals surface area contributed by atoms with E-state index in [0.717, 1.165) is 12.1 Å². The van der Waals surface area contributed by atoms with Crippen LogP contribution in [-0.4, -0.2) is 16.1 Å². The van der Waals surface area contributed by atoms with Crippen LogP contribution in [0.5, 0.6) is 11.6 Å². The Bertz CT molecular complexity index is 581. The molecule has 0 spiro atoms. The van der Waals surface area contributed by atoms with Crippen LogP contribution in [0.4, 0.5) is 8.78 Å². The molecule has 2 aromatic rings. The van der Waals surface area contributed by atoms with E-state index in [9.17, 15) is 13.6 Å². The van der Waals surface area contributed by atoms with Crippen molar-refractivity contribution in [3.8, 4) is 11.6 Å². The van der Waals surface area contributed by atoms with E-state index in [4.69, 9.17) is 9.84 Å². The average Bonchev–Trinajstić information content (AvgIpc) is 2.34. The molecule has 6 heteroatoms. The van der Waals surface area contributed by atoms with E-state index in [0.29, 0.717) is 0 Å². The number of halogens is 2. The van der Waals surface area contributed by atoms with Gasteiger partial charge in [0.2, 0.25) is 11.6 Å². The molecule has 0 aliphatic heterocycles. The number of nitrogens with zero attached hydrogens (tertiary/aromatic N) is 1. The molecule has 2 rings (SSSR count). The first-order valence-electron chi connectivity index (χ1n) is 4.90. The smallest absolute Gasteiger partial charge is 0.341 e. The molecule has 0 bridgehead atoms. The number of ether oxygens (including phenoxy) is 1. The molecule has 0 saturated heterocycles. The standard InChI is InChI=1S/C12H7F2NO3/c13-8-4-1-5-9(14)10(8)18-11-7(12(16)17)3-2-6-15-11/h1-6H,(H,16,17). The van der Waals surface area contributed by atoms with Crippen LogP contribution in [0.15, 0.2) is 36.5 Å². The second kappa shape index (κ2) is 4.79. The summed E-state index contributed by atoms with van der Waals surface area (Å²) < 4.78 is 31.5. The number of carboxylic acid groups (broad SMARTS) is 1. The van der Waals surface area contributed by atoms with Crippen LogP contribution in [0.2, 0.25) is 0 Å². The summed E-state index contributed by atoms with van der Waals surface area (Å²) in [5.41, 5.74) is -0.278. The van der Waals surface area contributed by atoms with Crippen LogP contribution >= 0.6 is 0 Å². The minimum absolute atomic E-state index is 0.278. The highest BCUT2D eigenvalue weighted by Gasteiger charge is 2.17. The number of hydrogen-bond donors (Lipinski definition) is 1. The summed E-state index contributed by atoms with van der Waals surface area (Å²) in [5, 5.41) is 8.87. The van der Waals surface area contributed by atoms with Gasteiger partial charge in [-0.25, -0.2) is 18.6 Å². The zero-order chi connectivity index (χ0) is 13.1. The van der Waals surface area contributed by atoms with Crippen molar-refractivity contribution in [1.29, 1.82) is 0 Å². The van der Waals surface area contributed by atoms with Gasteiger partial charge >= 0.3 is 5.97 Å². The second-order valence-corrected chi connectivity index (χ2v) is 3.31. The van der Waals surface area contributed by atoms with Gasteiger partial charge in [0.25, 0.3) is 0 Å². The molecule has 92 valence electrons. The first kappa shape index (κ1) is 12.0. The van der Waals surface area contributed by atoms with Gasteiger partial charge < -0.3 is 9.84 Å². The topological polar surface area (TPSA) is 59.4 Å². The van der Waals surface area contributed by atoms with Gasteiger partial charge in [-0.05, 0) is 24.3 Å². The SMILES string of the molecule is O=C(O)c1cccnc1Oc1c(F)cccc1F. The van der Waals surface area contributed by atoms with Crippen LogP contribution in [-0.2, 0) is 0 Å². The molecule has 0 unspecified atom stereocenters. The molecule has 18 heavy (non-hydrogen) atoms. The molecule has 0 radical (unpaired) electrons. The van der Waals surface area contributed by atoms with Crippen molar-refractivity contribution in [2.24, 2.45) is 0 Å². The van der Waals surface area contributed by atoms with Crippen molar-refractivity contribution < 1.29 is 23.4 Å². The molecule has 1 heterocycles. The van der Waals surface area contributed by atoms with Gasteiger partial charge in [0, 0.05) is 6.20 Å². The maximum atomic E-state index is 13.3. The zero-order valence-corrected chi connectivity index (χ0v) is 8.93. The lowest BCUT2D eigenvalue weighted by molar-refractivity contribution is 0.0693. The summed E-state index contributed by atoms with van der Waals surface area (Å²) in [5.74, 6) is -4.21. The Morgan fingerprint density at radius 1 is 1.17 bits per heavy atom. The Labute approximate surface area is 100 Å². The first-order chi connectivity index (χ1) is 8.59. The Balaban J connectivity index is 2.43. The maximum absolute atomic E-state index is 13.3. The highest BCUT2D eigenvalue weighted by molar-refractivity contribution is 5.90. The Hall–Kier alpha value is -2.50. The van der Waals surface area contributed by atoms with Crippen molar-refractivity contribution in [3.05, 3.63) is 53.7 Å². The molecule has 0 amide bonds. The number of para-hydroxylation sites is 1. The summed E-state index contributed by atoms with van der Waals surface area (Å²) in [6.45, 7) is 0. The van der Waals surface area contributed by atoms with Gasteiger partial charge in [-0.2, -0.15) is 0 Å². The third kappa shape index (κ3) is 2.27. The van der Waals surface area contributed by atoms with Crippen LogP contribution in [0.25, 0.3) is 0 Å². The van der Waals surface area contributed by atoms with Crippen molar-refractivity contribution in [1.82, 2.24) is 4.98 Å². The fourth-order valence-corrected chi connectivity index (χ4v) is 1.31. The largest absolute Gasteiger partial charge is 0.477 e. The summed E-state index contributed by atoms with van der Waals surface area (Å²) >= 11 is 0. The molecule has 1 N–H and O–H groups in total. The summed E-state index contributed by atoms with van der Waals surface area (Å²) in [6, 6.07) is 5.79. The molecule has 1 aromatic carbocycles. The highest BCUT2D eigenvalue weighted by atomic mass is 19.1. The fraction of sp³-hybridized carbons (Fsp3) is 0. The second-order valence-electron chi connectivity index (χ2n) is 3.31. The Morgan fingerprint density at radius 2 is 1.83 bits per heavy atom. The van der Waals surface area contributed by atoms with Crippen LogP contribution in [0.3, 0.4) is 0 Å². The Kier molecular flexibility index (Phi) is 3.18. The van der Waals surface area contributed by atoms with E-state index in [1.165, 1.54) is 24.4 Å². The first-order valence-corrected chi connectivity index (χ1v) is 4.90. The molecule has 0 saturated carbocycles.